The largest absolute Gasteiger partial charge is 0.325 e. The first-order chi connectivity index (χ1) is 14.7. The maximum Gasteiger partial charge on any atom is 0.243 e. The van der Waals surface area contributed by atoms with Crippen LogP contribution < -0.4 is 5.32 Å². The third-order valence-corrected chi connectivity index (χ3v) is 8.09. The van der Waals surface area contributed by atoms with Crippen LogP contribution in [0.2, 0.25) is 5.02 Å². The fraction of sp³-hybridized carbons (Fsp3) is 0.476. The minimum Gasteiger partial charge on any atom is -0.325 e. The van der Waals surface area contributed by atoms with Gasteiger partial charge in [-0.05, 0) is 31.0 Å². The van der Waals surface area contributed by atoms with E-state index in [-0.39, 0.29) is 52.2 Å². The van der Waals surface area contributed by atoms with E-state index in [4.69, 9.17) is 11.6 Å². The second kappa shape index (κ2) is 9.50. The lowest BCUT2D eigenvalue weighted by atomic mass is 9.85. The number of halogens is 1. The molecule has 1 aromatic rings. The van der Waals surface area contributed by atoms with Gasteiger partial charge < -0.3 is 5.32 Å². The Balaban J connectivity index is 1.67. The van der Waals surface area contributed by atoms with Crippen molar-refractivity contribution in [2.24, 2.45) is 11.8 Å². The summed E-state index contributed by atoms with van der Waals surface area (Å²) in [4.78, 5) is 38.6. The first-order valence-electron chi connectivity index (χ1n) is 10.3. The summed E-state index contributed by atoms with van der Waals surface area (Å²) >= 11 is 6.15. The van der Waals surface area contributed by atoms with Crippen molar-refractivity contribution in [2.45, 2.75) is 38.0 Å². The fourth-order valence-corrected chi connectivity index (χ4v) is 5.64. The van der Waals surface area contributed by atoms with Crippen LogP contribution in [0.25, 0.3) is 0 Å². The van der Waals surface area contributed by atoms with Gasteiger partial charge in [0.2, 0.25) is 27.7 Å². The summed E-state index contributed by atoms with van der Waals surface area (Å²) in [6.45, 7) is 4.10. The Morgan fingerprint density at radius 1 is 1.13 bits per heavy atom. The number of benzene rings is 1. The molecule has 8 nitrogen and oxygen atoms in total. The number of hydrogen-bond donors (Lipinski definition) is 1. The van der Waals surface area contributed by atoms with Crippen molar-refractivity contribution in [1.82, 2.24) is 9.21 Å². The number of hydrogen-bond acceptors (Lipinski definition) is 5. The molecular weight excluding hydrogens is 442 g/mol. The van der Waals surface area contributed by atoms with Crippen LogP contribution in [0.4, 0.5) is 5.69 Å². The van der Waals surface area contributed by atoms with Gasteiger partial charge in [-0.1, -0.05) is 37.6 Å². The zero-order chi connectivity index (χ0) is 22.8. The zero-order valence-corrected chi connectivity index (χ0v) is 19.1. The number of sulfonamides is 1. The van der Waals surface area contributed by atoms with Crippen LogP contribution >= 0.6 is 11.6 Å². The Kier molecular flexibility index (Phi) is 7.18. The number of nitrogens with one attached hydrogen (secondary N) is 1. The standard InChI is InChI=1S/C21H26ClN3O5S/c1-3-24(4-2)31(29,30)14-9-10-17(22)18(13-14)23-19(26)11-12-25-20(27)15-7-5-6-8-16(15)21(25)28/h5-6,9-10,13,15-16H,3-4,7-8,11-12H2,1-2H3,(H,23,26)/t15-,16-/m1/s1. The number of likely N-dealkylation sites (tertiary alicyclic amines) is 1. The molecule has 2 atom stereocenters. The molecular formula is C21H26ClN3O5S. The molecule has 0 aromatic heterocycles. The van der Waals surface area contributed by atoms with Crippen molar-refractivity contribution in [3.63, 3.8) is 0 Å². The minimum atomic E-state index is -3.71. The molecule has 0 unspecified atom stereocenters. The number of imide groups is 1. The maximum absolute atomic E-state index is 12.7. The Morgan fingerprint density at radius 2 is 1.71 bits per heavy atom. The summed E-state index contributed by atoms with van der Waals surface area (Å²) in [5.41, 5.74) is 0.164. The second-order valence-corrected chi connectivity index (χ2v) is 9.86. The Morgan fingerprint density at radius 3 is 2.26 bits per heavy atom. The highest BCUT2D eigenvalue weighted by Gasteiger charge is 2.46. The normalized spacial score (nSPS) is 21.0. The van der Waals surface area contributed by atoms with E-state index >= 15 is 0 Å². The van der Waals surface area contributed by atoms with Gasteiger partial charge in [0, 0.05) is 26.1 Å². The van der Waals surface area contributed by atoms with Gasteiger partial charge in [0.25, 0.3) is 0 Å². The minimum absolute atomic E-state index is 0.0223. The molecule has 3 amide bonds. The third kappa shape index (κ3) is 4.68. The summed E-state index contributed by atoms with van der Waals surface area (Å²) in [6, 6.07) is 4.13. The monoisotopic (exact) mass is 467 g/mol. The first-order valence-corrected chi connectivity index (χ1v) is 12.1. The molecule has 0 bridgehead atoms. The number of nitrogens with zero attached hydrogens (tertiary/aromatic N) is 2. The van der Waals surface area contributed by atoms with Crippen LogP contribution in [-0.2, 0) is 24.4 Å². The van der Waals surface area contributed by atoms with E-state index in [0.29, 0.717) is 25.9 Å². The van der Waals surface area contributed by atoms with Crippen molar-refractivity contribution in [2.75, 3.05) is 25.0 Å². The van der Waals surface area contributed by atoms with E-state index in [0.717, 1.165) is 4.90 Å². The van der Waals surface area contributed by atoms with Crippen LogP contribution in [-0.4, -0.2) is 55.0 Å². The van der Waals surface area contributed by atoms with Gasteiger partial charge in [0.15, 0.2) is 0 Å². The third-order valence-electron chi connectivity index (χ3n) is 5.72. The lowest BCUT2D eigenvalue weighted by Gasteiger charge is -2.19. The molecule has 2 aliphatic rings. The summed E-state index contributed by atoms with van der Waals surface area (Å²) in [7, 11) is -3.71. The smallest absolute Gasteiger partial charge is 0.243 e. The predicted octanol–water partition coefficient (Wildman–Crippen LogP) is 2.65. The van der Waals surface area contributed by atoms with Gasteiger partial charge in [-0.2, -0.15) is 4.31 Å². The molecule has 10 heteroatoms. The quantitative estimate of drug-likeness (QED) is 0.467. The first kappa shape index (κ1) is 23.4. The molecule has 1 saturated heterocycles. The summed E-state index contributed by atoms with van der Waals surface area (Å²) in [5.74, 6) is -1.61. The number of rotatable bonds is 8. The number of carbonyl (C=O) groups is 3. The molecule has 0 radical (unpaired) electrons. The molecule has 1 N–H and O–H groups in total. The molecule has 1 aliphatic heterocycles. The van der Waals surface area contributed by atoms with E-state index in [9.17, 15) is 22.8 Å². The SMILES string of the molecule is CCN(CC)S(=O)(=O)c1ccc(Cl)c(NC(=O)CCN2C(=O)[C@@H]3CC=CC[C@H]3C2=O)c1. The van der Waals surface area contributed by atoms with Gasteiger partial charge in [0.1, 0.15) is 0 Å². The van der Waals surface area contributed by atoms with E-state index < -0.39 is 15.9 Å². The van der Waals surface area contributed by atoms with E-state index in [1.165, 1.54) is 22.5 Å². The molecule has 1 aromatic carbocycles. The number of carbonyl (C=O) groups excluding carboxylic acids is 3. The lowest BCUT2D eigenvalue weighted by molar-refractivity contribution is -0.140. The molecule has 1 fully saturated rings. The highest BCUT2D eigenvalue weighted by molar-refractivity contribution is 7.89. The van der Waals surface area contributed by atoms with Gasteiger partial charge in [-0.15, -0.1) is 0 Å². The van der Waals surface area contributed by atoms with Crippen LogP contribution in [0.3, 0.4) is 0 Å². The van der Waals surface area contributed by atoms with Crippen LogP contribution in [0.5, 0.6) is 0 Å². The van der Waals surface area contributed by atoms with Gasteiger partial charge >= 0.3 is 0 Å². The van der Waals surface area contributed by atoms with Crippen molar-refractivity contribution in [3.8, 4) is 0 Å². The molecule has 3 rings (SSSR count). The molecule has 1 aliphatic carbocycles. The fourth-order valence-electron chi connectivity index (χ4n) is 3.99. The molecule has 0 saturated carbocycles. The number of fused-ring (bicyclic) bond motifs is 1. The molecule has 1 heterocycles. The average Bonchev–Trinajstić information content (AvgIpc) is 2.99. The van der Waals surface area contributed by atoms with Crippen LogP contribution in [0.1, 0.15) is 33.1 Å². The molecule has 0 spiro atoms. The van der Waals surface area contributed by atoms with E-state index in [1.807, 2.05) is 12.2 Å². The Hall–Kier alpha value is -2.23. The number of amides is 3. The Bertz CT molecular complexity index is 994. The van der Waals surface area contributed by atoms with E-state index in [2.05, 4.69) is 5.32 Å². The van der Waals surface area contributed by atoms with Crippen molar-refractivity contribution >= 4 is 45.0 Å². The van der Waals surface area contributed by atoms with Gasteiger partial charge in [0.05, 0.1) is 27.4 Å². The van der Waals surface area contributed by atoms with Crippen molar-refractivity contribution in [3.05, 3.63) is 35.4 Å². The van der Waals surface area contributed by atoms with Crippen LogP contribution in [0.15, 0.2) is 35.2 Å². The number of anilines is 1. The highest BCUT2D eigenvalue weighted by atomic mass is 35.5. The predicted molar refractivity (Wildman–Crippen MR) is 117 cm³/mol. The summed E-state index contributed by atoms with van der Waals surface area (Å²) in [5, 5.41) is 2.79. The molecule has 31 heavy (non-hydrogen) atoms. The van der Waals surface area contributed by atoms with Crippen molar-refractivity contribution < 1.29 is 22.8 Å². The topological polar surface area (TPSA) is 104 Å². The Labute approximate surface area is 187 Å². The molecule has 168 valence electrons. The van der Waals surface area contributed by atoms with Crippen molar-refractivity contribution in [1.29, 1.82) is 0 Å². The lowest BCUT2D eigenvalue weighted by Crippen LogP contribution is -2.34. The highest BCUT2D eigenvalue weighted by Crippen LogP contribution is 2.35. The summed E-state index contributed by atoms with van der Waals surface area (Å²) < 4.78 is 26.8. The van der Waals surface area contributed by atoms with Gasteiger partial charge in [-0.3, -0.25) is 19.3 Å². The number of allylic oxidation sites excluding steroid dienone is 2. The summed E-state index contributed by atoms with van der Waals surface area (Å²) in [6.07, 6.45) is 4.80. The van der Waals surface area contributed by atoms with Crippen LogP contribution in [0, 0.1) is 11.8 Å². The average molecular weight is 468 g/mol. The second-order valence-electron chi connectivity index (χ2n) is 7.51. The maximum atomic E-state index is 12.7. The zero-order valence-electron chi connectivity index (χ0n) is 17.5. The van der Waals surface area contributed by atoms with E-state index in [1.54, 1.807) is 13.8 Å². The van der Waals surface area contributed by atoms with Gasteiger partial charge in [-0.25, -0.2) is 8.42 Å².